The molecule has 1 aliphatic carbocycles. The molecule has 0 radical (unpaired) electrons. The van der Waals surface area contributed by atoms with Gasteiger partial charge >= 0.3 is 0 Å². The Kier molecular flexibility index (Phi) is 5.92. The molecule has 1 unspecified atom stereocenters. The van der Waals surface area contributed by atoms with Gasteiger partial charge in [0.2, 0.25) is 0 Å². The second-order valence-corrected chi connectivity index (χ2v) is 4.83. The lowest BCUT2D eigenvalue weighted by atomic mass is 9.85. The van der Waals surface area contributed by atoms with Crippen molar-refractivity contribution in [1.29, 1.82) is 0 Å². The number of carbonyl (C=O) groups excluding carboxylic acids is 1. The van der Waals surface area contributed by atoms with Crippen LogP contribution in [-0.2, 0) is 9.53 Å². The molecule has 2 heteroatoms. The highest BCUT2D eigenvalue weighted by Crippen LogP contribution is 2.26. The zero-order chi connectivity index (χ0) is 11.1. The van der Waals surface area contributed by atoms with Gasteiger partial charge in [-0.15, -0.1) is 0 Å². The molecule has 0 aromatic rings. The lowest BCUT2D eigenvalue weighted by Gasteiger charge is -2.20. The van der Waals surface area contributed by atoms with Crippen LogP contribution in [0.1, 0.15) is 58.3 Å². The third-order valence-electron chi connectivity index (χ3n) is 3.47. The average Bonchev–Trinajstić information content (AvgIpc) is 2.27. The van der Waals surface area contributed by atoms with Gasteiger partial charge in [-0.1, -0.05) is 32.1 Å². The van der Waals surface area contributed by atoms with Crippen molar-refractivity contribution in [2.45, 2.75) is 64.4 Å². The number of carbonyl (C=O) groups is 1. The van der Waals surface area contributed by atoms with Crippen molar-refractivity contribution in [3.63, 3.8) is 0 Å². The van der Waals surface area contributed by atoms with E-state index in [1.54, 1.807) is 7.11 Å². The summed E-state index contributed by atoms with van der Waals surface area (Å²) in [5.74, 6) is 1.12. The second-order valence-electron chi connectivity index (χ2n) is 4.83. The minimum atomic E-state index is 0.223. The Morgan fingerprint density at radius 1 is 1.33 bits per heavy atom. The van der Waals surface area contributed by atoms with Crippen LogP contribution < -0.4 is 0 Å². The van der Waals surface area contributed by atoms with Crippen LogP contribution >= 0.6 is 0 Å². The normalized spacial score (nSPS) is 20.1. The fourth-order valence-electron chi connectivity index (χ4n) is 2.30. The van der Waals surface area contributed by atoms with E-state index in [-0.39, 0.29) is 6.10 Å². The summed E-state index contributed by atoms with van der Waals surface area (Å²) in [5.41, 5.74) is 0. The number of hydrogen-bond acceptors (Lipinski definition) is 2. The van der Waals surface area contributed by atoms with Gasteiger partial charge in [0.05, 0.1) is 6.10 Å². The van der Waals surface area contributed by atoms with Crippen molar-refractivity contribution in [3.8, 4) is 0 Å². The number of rotatable bonds is 6. The van der Waals surface area contributed by atoms with E-state index in [0.717, 1.165) is 12.8 Å². The molecule has 0 amide bonds. The Hall–Kier alpha value is -0.370. The SMILES string of the molecule is COC(C)CCC(=O)CC1CCCCC1. The molecule has 2 nitrogen and oxygen atoms in total. The summed E-state index contributed by atoms with van der Waals surface area (Å²) in [6.45, 7) is 2.02. The van der Waals surface area contributed by atoms with Crippen molar-refractivity contribution in [2.24, 2.45) is 5.92 Å². The number of ether oxygens (including phenoxy) is 1. The third kappa shape index (κ3) is 5.31. The minimum absolute atomic E-state index is 0.223. The molecule has 1 saturated carbocycles. The van der Waals surface area contributed by atoms with Crippen LogP contribution in [0.25, 0.3) is 0 Å². The Balaban J connectivity index is 2.11. The predicted molar refractivity (Wildman–Crippen MR) is 61.9 cm³/mol. The second kappa shape index (κ2) is 7.00. The van der Waals surface area contributed by atoms with E-state index in [4.69, 9.17) is 4.74 Å². The summed E-state index contributed by atoms with van der Waals surface area (Å²) < 4.78 is 5.14. The summed E-state index contributed by atoms with van der Waals surface area (Å²) >= 11 is 0. The van der Waals surface area contributed by atoms with E-state index in [2.05, 4.69) is 0 Å². The van der Waals surface area contributed by atoms with Crippen LogP contribution in [0.5, 0.6) is 0 Å². The van der Waals surface area contributed by atoms with Crippen LogP contribution in [-0.4, -0.2) is 19.0 Å². The molecule has 0 aliphatic heterocycles. The number of hydrogen-bond donors (Lipinski definition) is 0. The molecule has 1 rings (SSSR count). The maximum Gasteiger partial charge on any atom is 0.133 e. The van der Waals surface area contributed by atoms with Gasteiger partial charge in [0, 0.05) is 20.0 Å². The number of Topliss-reactive ketones (excluding diaryl/α,β-unsaturated/α-hetero) is 1. The maximum atomic E-state index is 11.7. The largest absolute Gasteiger partial charge is 0.382 e. The standard InChI is InChI=1S/C13H24O2/c1-11(15-2)8-9-13(14)10-12-6-4-3-5-7-12/h11-12H,3-10H2,1-2H3. The molecule has 0 aromatic heterocycles. The van der Waals surface area contributed by atoms with Crippen molar-refractivity contribution < 1.29 is 9.53 Å². The zero-order valence-electron chi connectivity index (χ0n) is 10.1. The van der Waals surface area contributed by atoms with Crippen LogP contribution in [0.2, 0.25) is 0 Å². The van der Waals surface area contributed by atoms with E-state index in [1.165, 1.54) is 32.1 Å². The van der Waals surface area contributed by atoms with E-state index in [0.29, 0.717) is 18.1 Å². The summed E-state index contributed by atoms with van der Waals surface area (Å²) in [7, 11) is 1.70. The van der Waals surface area contributed by atoms with Gasteiger partial charge in [-0.25, -0.2) is 0 Å². The smallest absolute Gasteiger partial charge is 0.133 e. The highest BCUT2D eigenvalue weighted by molar-refractivity contribution is 5.78. The molecule has 0 aromatic carbocycles. The first-order chi connectivity index (χ1) is 7.22. The van der Waals surface area contributed by atoms with E-state index < -0.39 is 0 Å². The topological polar surface area (TPSA) is 26.3 Å². The van der Waals surface area contributed by atoms with Crippen LogP contribution in [0.4, 0.5) is 0 Å². The van der Waals surface area contributed by atoms with E-state index in [1.807, 2.05) is 6.92 Å². The van der Waals surface area contributed by atoms with Crippen LogP contribution in [0.15, 0.2) is 0 Å². The maximum absolute atomic E-state index is 11.7. The Morgan fingerprint density at radius 2 is 2.00 bits per heavy atom. The molecule has 1 aliphatic rings. The summed E-state index contributed by atoms with van der Waals surface area (Å²) in [4.78, 5) is 11.7. The lowest BCUT2D eigenvalue weighted by molar-refractivity contribution is -0.120. The highest BCUT2D eigenvalue weighted by Gasteiger charge is 2.17. The van der Waals surface area contributed by atoms with Gasteiger partial charge in [0.15, 0.2) is 0 Å². The summed E-state index contributed by atoms with van der Waals surface area (Å²) in [6, 6.07) is 0. The van der Waals surface area contributed by atoms with Gasteiger partial charge in [-0.05, 0) is 19.3 Å². The number of ketones is 1. The van der Waals surface area contributed by atoms with Gasteiger partial charge in [-0.3, -0.25) is 4.79 Å². The predicted octanol–water partition coefficient (Wildman–Crippen LogP) is 3.34. The van der Waals surface area contributed by atoms with Gasteiger partial charge < -0.3 is 4.74 Å². The molecule has 1 atom stereocenters. The lowest BCUT2D eigenvalue weighted by Crippen LogP contribution is -2.14. The first-order valence-electron chi connectivity index (χ1n) is 6.27. The van der Waals surface area contributed by atoms with E-state index >= 15 is 0 Å². The van der Waals surface area contributed by atoms with E-state index in [9.17, 15) is 4.79 Å². The number of methoxy groups -OCH3 is 1. The van der Waals surface area contributed by atoms with Gasteiger partial charge in [0.25, 0.3) is 0 Å². The summed E-state index contributed by atoms with van der Waals surface area (Å²) in [5, 5.41) is 0. The molecule has 0 bridgehead atoms. The molecule has 0 heterocycles. The fraction of sp³-hybridized carbons (Fsp3) is 0.923. The Morgan fingerprint density at radius 3 is 2.60 bits per heavy atom. The van der Waals surface area contributed by atoms with Gasteiger partial charge in [0.1, 0.15) is 5.78 Å². The third-order valence-corrected chi connectivity index (χ3v) is 3.47. The van der Waals surface area contributed by atoms with Crippen LogP contribution in [0.3, 0.4) is 0 Å². The monoisotopic (exact) mass is 212 g/mol. The molecule has 0 spiro atoms. The minimum Gasteiger partial charge on any atom is -0.382 e. The zero-order valence-corrected chi connectivity index (χ0v) is 10.1. The average molecular weight is 212 g/mol. The quantitative estimate of drug-likeness (QED) is 0.675. The molecule has 15 heavy (non-hydrogen) atoms. The van der Waals surface area contributed by atoms with Crippen molar-refractivity contribution >= 4 is 5.78 Å². The molecular formula is C13H24O2. The molecular weight excluding hydrogens is 188 g/mol. The van der Waals surface area contributed by atoms with Crippen molar-refractivity contribution in [2.75, 3.05) is 7.11 Å². The Bertz CT molecular complexity index is 183. The Labute approximate surface area is 93.4 Å². The first kappa shape index (κ1) is 12.7. The van der Waals surface area contributed by atoms with Crippen LogP contribution in [0, 0.1) is 5.92 Å². The highest BCUT2D eigenvalue weighted by atomic mass is 16.5. The first-order valence-corrected chi connectivity index (χ1v) is 6.27. The molecule has 0 N–H and O–H groups in total. The molecule has 88 valence electrons. The molecule has 1 fully saturated rings. The summed E-state index contributed by atoms with van der Waals surface area (Å²) in [6.07, 6.45) is 9.17. The fourth-order valence-corrected chi connectivity index (χ4v) is 2.30. The van der Waals surface area contributed by atoms with Crippen molar-refractivity contribution in [1.82, 2.24) is 0 Å². The van der Waals surface area contributed by atoms with Gasteiger partial charge in [-0.2, -0.15) is 0 Å². The van der Waals surface area contributed by atoms with Crippen molar-refractivity contribution in [3.05, 3.63) is 0 Å². The molecule has 0 saturated heterocycles.